The Kier molecular flexibility index (Phi) is 4.56. The minimum atomic E-state index is -0.261. The van der Waals surface area contributed by atoms with E-state index >= 15 is 0 Å². The molecule has 0 aliphatic heterocycles. The second-order valence-electron chi connectivity index (χ2n) is 3.48. The molecule has 0 aliphatic rings. The normalized spacial score (nSPS) is 10.4. The molecule has 0 heterocycles. The van der Waals surface area contributed by atoms with Crippen LogP contribution in [0.15, 0.2) is 12.1 Å². The van der Waals surface area contributed by atoms with E-state index in [0.717, 1.165) is 30.5 Å². The van der Waals surface area contributed by atoms with Crippen molar-refractivity contribution >= 4 is 0 Å². The molecule has 0 aliphatic carbocycles. The Hall–Kier alpha value is -1.09. The first-order valence-corrected chi connectivity index (χ1v) is 5.22. The lowest BCUT2D eigenvalue weighted by molar-refractivity contribution is 0.381. The summed E-state index contributed by atoms with van der Waals surface area (Å²) in [4.78, 5) is 0. The third kappa shape index (κ3) is 2.93. The molecule has 1 rings (SSSR count). The van der Waals surface area contributed by atoms with Gasteiger partial charge in [-0.15, -0.1) is 0 Å². The Bertz CT molecular complexity index is 326. The molecule has 84 valence electrons. The molecule has 0 bridgehead atoms. The van der Waals surface area contributed by atoms with Crippen LogP contribution in [0.1, 0.15) is 18.1 Å². The largest absolute Gasteiger partial charge is 0.493 e. The van der Waals surface area contributed by atoms with Crippen molar-refractivity contribution in [1.82, 2.24) is 5.32 Å². The van der Waals surface area contributed by atoms with Crippen molar-refractivity contribution in [2.75, 3.05) is 20.7 Å². The van der Waals surface area contributed by atoms with E-state index in [1.165, 1.54) is 7.11 Å². The second-order valence-corrected chi connectivity index (χ2v) is 3.48. The Morgan fingerprint density at radius 1 is 1.40 bits per heavy atom. The minimum absolute atomic E-state index is 0.261. The van der Waals surface area contributed by atoms with Crippen molar-refractivity contribution < 1.29 is 9.13 Å². The quantitative estimate of drug-likeness (QED) is 0.805. The van der Waals surface area contributed by atoms with Crippen LogP contribution in [-0.4, -0.2) is 20.7 Å². The molecule has 1 N–H and O–H groups in total. The molecule has 1 aromatic carbocycles. The molecular formula is C12H18FNO. The molecule has 3 heteroatoms. The van der Waals surface area contributed by atoms with Crippen LogP contribution in [0.3, 0.4) is 0 Å². The van der Waals surface area contributed by atoms with Crippen LogP contribution in [0.25, 0.3) is 0 Å². The van der Waals surface area contributed by atoms with Gasteiger partial charge in [-0.25, -0.2) is 4.39 Å². The number of aryl methyl sites for hydroxylation is 1. The average molecular weight is 211 g/mol. The fourth-order valence-electron chi connectivity index (χ4n) is 1.59. The number of hydrogen-bond acceptors (Lipinski definition) is 2. The van der Waals surface area contributed by atoms with Crippen molar-refractivity contribution in [3.63, 3.8) is 0 Å². The van der Waals surface area contributed by atoms with Gasteiger partial charge in [-0.3, -0.25) is 0 Å². The van der Waals surface area contributed by atoms with Gasteiger partial charge in [-0.1, -0.05) is 13.0 Å². The maximum atomic E-state index is 13.6. The van der Waals surface area contributed by atoms with Crippen LogP contribution in [0.2, 0.25) is 0 Å². The lowest BCUT2D eigenvalue weighted by atomic mass is 10.0. The van der Waals surface area contributed by atoms with Gasteiger partial charge in [0, 0.05) is 0 Å². The Morgan fingerprint density at radius 3 is 2.67 bits per heavy atom. The lowest BCUT2D eigenvalue weighted by Crippen LogP contribution is -2.11. The molecule has 0 spiro atoms. The first-order chi connectivity index (χ1) is 7.22. The van der Waals surface area contributed by atoms with E-state index in [9.17, 15) is 4.39 Å². The van der Waals surface area contributed by atoms with E-state index in [-0.39, 0.29) is 5.82 Å². The number of rotatable bonds is 5. The minimum Gasteiger partial charge on any atom is -0.493 e. The topological polar surface area (TPSA) is 21.3 Å². The summed E-state index contributed by atoms with van der Waals surface area (Å²) in [5.41, 5.74) is 1.95. The van der Waals surface area contributed by atoms with Gasteiger partial charge in [0.25, 0.3) is 0 Å². The Labute approximate surface area is 90.4 Å². The van der Waals surface area contributed by atoms with Gasteiger partial charge in [0.15, 0.2) is 11.6 Å². The van der Waals surface area contributed by atoms with E-state index in [1.54, 1.807) is 6.07 Å². The summed E-state index contributed by atoms with van der Waals surface area (Å²) in [6.45, 7) is 2.84. The second kappa shape index (κ2) is 5.71. The van der Waals surface area contributed by atoms with Gasteiger partial charge in [0.1, 0.15) is 0 Å². The molecule has 1 aromatic rings. The zero-order valence-corrected chi connectivity index (χ0v) is 9.56. The van der Waals surface area contributed by atoms with Crippen molar-refractivity contribution in [2.24, 2.45) is 0 Å². The highest BCUT2D eigenvalue weighted by molar-refractivity contribution is 5.39. The fourth-order valence-corrected chi connectivity index (χ4v) is 1.59. The molecule has 0 saturated heterocycles. The number of nitrogens with one attached hydrogen (secondary N) is 1. The molecule has 0 amide bonds. The monoisotopic (exact) mass is 211 g/mol. The summed E-state index contributed by atoms with van der Waals surface area (Å²) >= 11 is 0. The van der Waals surface area contributed by atoms with Crippen molar-refractivity contribution in [1.29, 1.82) is 0 Å². The average Bonchev–Trinajstić information content (AvgIpc) is 2.25. The van der Waals surface area contributed by atoms with Crippen molar-refractivity contribution in [3.8, 4) is 5.75 Å². The Morgan fingerprint density at radius 2 is 2.13 bits per heavy atom. The van der Waals surface area contributed by atoms with Gasteiger partial charge in [0.2, 0.25) is 0 Å². The first-order valence-electron chi connectivity index (χ1n) is 5.22. The summed E-state index contributed by atoms with van der Waals surface area (Å²) < 4.78 is 18.6. The highest BCUT2D eigenvalue weighted by Gasteiger charge is 2.10. The molecular weight excluding hydrogens is 193 g/mol. The highest BCUT2D eigenvalue weighted by Crippen LogP contribution is 2.25. The zero-order valence-electron chi connectivity index (χ0n) is 9.56. The predicted octanol–water partition coefficient (Wildman–Crippen LogP) is 2.16. The molecule has 0 unspecified atom stereocenters. The van der Waals surface area contributed by atoms with E-state index in [2.05, 4.69) is 5.32 Å². The maximum Gasteiger partial charge on any atom is 0.165 e. The summed E-state index contributed by atoms with van der Waals surface area (Å²) in [6.07, 6.45) is 1.62. The van der Waals surface area contributed by atoms with Gasteiger partial charge < -0.3 is 10.1 Å². The standard InChI is InChI=1S/C12H18FNO/c1-4-9-7-10(5-6-14-2)12(15-3)11(13)8-9/h7-8,14H,4-6H2,1-3H3. The summed E-state index contributed by atoms with van der Waals surface area (Å²) in [6, 6.07) is 3.56. The highest BCUT2D eigenvalue weighted by atomic mass is 19.1. The molecule has 0 fully saturated rings. The molecule has 15 heavy (non-hydrogen) atoms. The van der Waals surface area contributed by atoms with Crippen molar-refractivity contribution in [3.05, 3.63) is 29.1 Å². The van der Waals surface area contributed by atoms with Gasteiger partial charge in [0.05, 0.1) is 7.11 Å². The van der Waals surface area contributed by atoms with E-state index < -0.39 is 0 Å². The number of methoxy groups -OCH3 is 1. The number of ether oxygens (including phenoxy) is 1. The molecule has 2 nitrogen and oxygen atoms in total. The maximum absolute atomic E-state index is 13.6. The third-order valence-electron chi connectivity index (χ3n) is 2.44. The van der Waals surface area contributed by atoms with Crippen LogP contribution in [-0.2, 0) is 12.8 Å². The summed E-state index contributed by atoms with van der Waals surface area (Å²) in [5.74, 6) is 0.116. The van der Waals surface area contributed by atoms with Crippen molar-refractivity contribution in [2.45, 2.75) is 19.8 Å². The van der Waals surface area contributed by atoms with Gasteiger partial charge >= 0.3 is 0 Å². The van der Waals surface area contributed by atoms with Gasteiger partial charge in [-0.2, -0.15) is 0 Å². The van der Waals surface area contributed by atoms with E-state index in [4.69, 9.17) is 4.74 Å². The van der Waals surface area contributed by atoms with Crippen LogP contribution in [0.4, 0.5) is 4.39 Å². The number of likely N-dealkylation sites (N-methyl/N-ethyl adjacent to an activating group) is 1. The molecule has 0 atom stereocenters. The number of hydrogen-bond donors (Lipinski definition) is 1. The number of halogens is 1. The molecule has 0 radical (unpaired) electrons. The first kappa shape index (κ1) is 12.0. The Balaban J connectivity index is 3.02. The molecule has 0 aromatic heterocycles. The third-order valence-corrected chi connectivity index (χ3v) is 2.44. The van der Waals surface area contributed by atoms with Crippen LogP contribution >= 0.6 is 0 Å². The molecule has 0 saturated carbocycles. The van der Waals surface area contributed by atoms with E-state index in [0.29, 0.717) is 5.75 Å². The SMILES string of the molecule is CCc1cc(F)c(OC)c(CCNC)c1. The van der Waals surface area contributed by atoms with E-state index in [1.807, 2.05) is 20.0 Å². The van der Waals surface area contributed by atoms with Crippen LogP contribution in [0.5, 0.6) is 5.75 Å². The number of benzene rings is 1. The smallest absolute Gasteiger partial charge is 0.165 e. The van der Waals surface area contributed by atoms with Crippen LogP contribution < -0.4 is 10.1 Å². The predicted molar refractivity (Wildman–Crippen MR) is 60.0 cm³/mol. The van der Waals surface area contributed by atoms with Crippen LogP contribution in [0, 0.1) is 5.82 Å². The zero-order chi connectivity index (χ0) is 11.3. The fraction of sp³-hybridized carbons (Fsp3) is 0.500. The van der Waals surface area contributed by atoms with Gasteiger partial charge in [-0.05, 0) is 43.6 Å². The lowest BCUT2D eigenvalue weighted by Gasteiger charge is -2.11. The summed E-state index contributed by atoms with van der Waals surface area (Å²) in [7, 11) is 3.39. The summed E-state index contributed by atoms with van der Waals surface area (Å²) in [5, 5.41) is 3.05.